The molecule has 0 fully saturated rings. The molecular formula is C10H11Cl3O2Si2. The van der Waals surface area contributed by atoms with Crippen LogP contribution in [-0.4, -0.2) is 16.0 Å². The molecule has 7 heteroatoms. The Bertz CT molecular complexity index is 396. The van der Waals surface area contributed by atoms with Gasteiger partial charge in [0.1, 0.15) is 5.75 Å². The maximum absolute atomic E-state index is 5.85. The molecule has 0 spiro atoms. The topological polar surface area (TPSA) is 18.5 Å². The highest BCUT2D eigenvalue weighted by Gasteiger charge is 2.23. The van der Waals surface area contributed by atoms with Gasteiger partial charge in [-0.2, -0.15) is 0 Å². The molecule has 1 aliphatic rings. The molecule has 1 aromatic rings. The van der Waals surface area contributed by atoms with Crippen molar-refractivity contribution in [2.24, 2.45) is 0 Å². The molecule has 2 nitrogen and oxygen atoms in total. The minimum atomic E-state index is -2.47. The summed E-state index contributed by atoms with van der Waals surface area (Å²) in [5.41, 5.74) is 2.34. The molecule has 0 saturated carbocycles. The Kier molecular flexibility index (Phi) is 4.80. The predicted molar refractivity (Wildman–Crippen MR) is 74.1 cm³/mol. The summed E-state index contributed by atoms with van der Waals surface area (Å²) >= 11 is 17.5. The predicted octanol–water partition coefficient (Wildman–Crippen LogP) is 3.72. The van der Waals surface area contributed by atoms with Crippen molar-refractivity contribution in [3.63, 3.8) is 0 Å². The Labute approximate surface area is 118 Å². The molecular weight excluding hydrogens is 315 g/mol. The van der Waals surface area contributed by atoms with Gasteiger partial charge in [-0.3, -0.25) is 0 Å². The molecule has 0 aliphatic carbocycles. The summed E-state index contributed by atoms with van der Waals surface area (Å²) in [7, 11) is 0.112. The second-order valence-corrected chi connectivity index (χ2v) is 13.8. The van der Waals surface area contributed by atoms with Crippen molar-refractivity contribution in [1.29, 1.82) is 0 Å². The molecule has 17 heavy (non-hydrogen) atoms. The molecule has 1 aromatic carbocycles. The summed E-state index contributed by atoms with van der Waals surface area (Å²) in [6, 6.07) is 4.39. The molecule has 2 rings (SSSR count). The van der Waals surface area contributed by atoms with Crippen LogP contribution in [0.1, 0.15) is 17.5 Å². The van der Waals surface area contributed by atoms with E-state index in [0.717, 1.165) is 24.2 Å². The zero-order valence-electron chi connectivity index (χ0n) is 9.01. The van der Waals surface area contributed by atoms with E-state index in [1.165, 1.54) is 5.56 Å². The molecule has 0 bridgehead atoms. The summed E-state index contributed by atoms with van der Waals surface area (Å²) in [6.07, 6.45) is 1.83. The van der Waals surface area contributed by atoms with E-state index < -0.39 is 6.00 Å². The van der Waals surface area contributed by atoms with E-state index >= 15 is 0 Å². The highest BCUT2D eigenvalue weighted by atomic mass is 35.8. The van der Waals surface area contributed by atoms with E-state index in [1.54, 1.807) is 0 Å². The number of hydrogen-bond donors (Lipinski definition) is 0. The zero-order chi connectivity index (χ0) is 12.3. The summed E-state index contributed by atoms with van der Waals surface area (Å²) < 4.78 is 10.6. The number of rotatable bonds is 4. The smallest absolute Gasteiger partial charge is 0.517 e. The van der Waals surface area contributed by atoms with Gasteiger partial charge in [-0.1, -0.05) is 6.07 Å². The minimum absolute atomic E-state index is 0.112. The quantitative estimate of drug-likeness (QED) is 0.620. The fourth-order valence-electron chi connectivity index (χ4n) is 1.68. The third-order valence-electron chi connectivity index (χ3n) is 2.49. The van der Waals surface area contributed by atoms with E-state index in [9.17, 15) is 0 Å². The van der Waals surface area contributed by atoms with Crippen LogP contribution < -0.4 is 4.43 Å². The maximum atomic E-state index is 5.85. The largest absolute Gasteiger partial charge is 0.521 e. The second kappa shape index (κ2) is 5.95. The van der Waals surface area contributed by atoms with Gasteiger partial charge in [0.25, 0.3) is 0 Å². The molecule has 92 valence electrons. The number of hydrogen-bond acceptors (Lipinski definition) is 2. The lowest BCUT2D eigenvalue weighted by Gasteiger charge is -2.17. The van der Waals surface area contributed by atoms with Crippen LogP contribution >= 0.6 is 33.2 Å². The standard InChI is InChI=1S/C10H11Cl3O2Si2/c11-17(12,13)5-1-2-8-3-4-10-9(6-8)7-14-16-15-10/h3-4,6H,1-2,5,7H2. The van der Waals surface area contributed by atoms with Gasteiger partial charge in [0.05, 0.1) is 6.61 Å². The van der Waals surface area contributed by atoms with Crippen molar-refractivity contribution >= 4 is 49.2 Å². The lowest BCUT2D eigenvalue weighted by molar-refractivity contribution is 0.252. The molecule has 1 heterocycles. The molecule has 0 aromatic heterocycles. The first-order valence-electron chi connectivity index (χ1n) is 5.27. The van der Waals surface area contributed by atoms with Crippen molar-refractivity contribution in [3.05, 3.63) is 29.3 Å². The first-order chi connectivity index (χ1) is 8.04. The number of fused-ring (bicyclic) bond motifs is 1. The monoisotopic (exact) mass is 324 g/mol. The van der Waals surface area contributed by atoms with Crippen LogP contribution in [0.2, 0.25) is 6.04 Å². The second-order valence-electron chi connectivity index (χ2n) is 3.88. The van der Waals surface area contributed by atoms with Crippen LogP contribution in [0.5, 0.6) is 5.75 Å². The van der Waals surface area contributed by atoms with Crippen molar-refractivity contribution < 1.29 is 8.85 Å². The zero-order valence-corrected chi connectivity index (χ0v) is 13.3. The van der Waals surface area contributed by atoms with Gasteiger partial charge in [-0.25, -0.2) is 0 Å². The lowest BCUT2D eigenvalue weighted by Crippen LogP contribution is -2.15. The maximum Gasteiger partial charge on any atom is 0.521 e. The SMILES string of the molecule is Cl[Si](Cl)(Cl)CCCc1ccc2c(c1)CO[Si]O2. The van der Waals surface area contributed by atoms with E-state index in [2.05, 4.69) is 12.1 Å². The molecule has 0 atom stereocenters. The molecule has 2 radical (unpaired) electrons. The fraction of sp³-hybridized carbons (Fsp3) is 0.400. The Hall–Kier alpha value is 0.284. The normalized spacial score (nSPS) is 15.2. The van der Waals surface area contributed by atoms with Crippen LogP contribution in [-0.2, 0) is 17.5 Å². The number of benzene rings is 1. The molecule has 1 aliphatic heterocycles. The Morgan fingerprint density at radius 3 is 2.88 bits per heavy atom. The number of aryl methyl sites for hydroxylation is 1. The van der Waals surface area contributed by atoms with Gasteiger partial charge in [-0.15, -0.1) is 33.2 Å². The van der Waals surface area contributed by atoms with Gasteiger partial charge in [-0.05, 0) is 36.6 Å². The van der Waals surface area contributed by atoms with Crippen molar-refractivity contribution in [1.82, 2.24) is 0 Å². The lowest BCUT2D eigenvalue weighted by atomic mass is 10.1. The van der Waals surface area contributed by atoms with E-state index in [1.807, 2.05) is 6.07 Å². The van der Waals surface area contributed by atoms with Crippen molar-refractivity contribution in [2.45, 2.75) is 25.5 Å². The van der Waals surface area contributed by atoms with Gasteiger partial charge >= 0.3 is 16.0 Å². The third kappa shape index (κ3) is 4.46. The van der Waals surface area contributed by atoms with Crippen LogP contribution in [0.3, 0.4) is 0 Å². The van der Waals surface area contributed by atoms with Crippen molar-refractivity contribution in [2.75, 3.05) is 0 Å². The van der Waals surface area contributed by atoms with E-state index in [0.29, 0.717) is 12.7 Å². The Morgan fingerprint density at radius 2 is 2.12 bits per heavy atom. The first-order valence-corrected chi connectivity index (χ1v) is 11.3. The first kappa shape index (κ1) is 13.7. The highest BCUT2D eigenvalue weighted by Crippen LogP contribution is 2.28. The van der Waals surface area contributed by atoms with Gasteiger partial charge in [0, 0.05) is 5.56 Å². The van der Waals surface area contributed by atoms with Gasteiger partial charge < -0.3 is 8.85 Å². The molecule has 0 saturated heterocycles. The summed E-state index contributed by atoms with van der Waals surface area (Å²) in [6.45, 7) is 0.626. The van der Waals surface area contributed by atoms with Gasteiger partial charge in [0.15, 0.2) is 0 Å². The van der Waals surface area contributed by atoms with Crippen LogP contribution in [0.25, 0.3) is 0 Å². The van der Waals surface area contributed by atoms with Gasteiger partial charge in [0.2, 0.25) is 0 Å². The summed E-state index contributed by atoms with van der Waals surface area (Å²) in [4.78, 5) is 0. The van der Waals surface area contributed by atoms with Crippen molar-refractivity contribution in [3.8, 4) is 5.75 Å². The third-order valence-corrected chi connectivity index (χ3v) is 5.68. The van der Waals surface area contributed by atoms with Crippen LogP contribution in [0.4, 0.5) is 0 Å². The van der Waals surface area contributed by atoms with E-state index in [4.69, 9.17) is 42.1 Å². The van der Waals surface area contributed by atoms with E-state index in [-0.39, 0.29) is 10.0 Å². The fourth-order valence-corrected chi connectivity index (χ4v) is 4.02. The number of halogens is 3. The molecule has 0 N–H and O–H groups in total. The minimum Gasteiger partial charge on any atom is -0.517 e. The summed E-state index contributed by atoms with van der Waals surface area (Å²) in [5, 5.41) is 0. The van der Waals surface area contributed by atoms with Crippen LogP contribution in [0, 0.1) is 0 Å². The summed E-state index contributed by atoms with van der Waals surface area (Å²) in [5.74, 6) is 0.925. The Balaban J connectivity index is 1.93. The molecule has 0 amide bonds. The highest BCUT2D eigenvalue weighted by molar-refractivity contribution is 7.64. The Morgan fingerprint density at radius 1 is 1.29 bits per heavy atom. The average molecular weight is 326 g/mol. The molecule has 0 unspecified atom stereocenters. The van der Waals surface area contributed by atoms with Crippen LogP contribution in [0.15, 0.2) is 18.2 Å². The average Bonchev–Trinajstić information content (AvgIpc) is 2.27.